The second-order valence-corrected chi connectivity index (χ2v) is 4.32. The topological polar surface area (TPSA) is 75.5 Å². The molecule has 19 heavy (non-hydrogen) atoms. The largest absolute Gasteiger partial charge is 0.337 e. The van der Waals surface area contributed by atoms with Crippen molar-refractivity contribution < 1.29 is 14.1 Å². The maximum atomic E-state index is 13.7. The third kappa shape index (κ3) is 3.05. The van der Waals surface area contributed by atoms with Crippen LogP contribution in [0.15, 0.2) is 18.2 Å². The second kappa shape index (κ2) is 5.75. The van der Waals surface area contributed by atoms with E-state index in [9.17, 15) is 19.3 Å². The van der Waals surface area contributed by atoms with Crippen molar-refractivity contribution in [3.63, 3.8) is 0 Å². The highest BCUT2D eigenvalue weighted by atomic mass is 19.1. The van der Waals surface area contributed by atoms with Gasteiger partial charge in [-0.1, -0.05) is 0 Å². The number of carbonyl (C=O) groups excluding carboxylic acids is 1. The van der Waals surface area contributed by atoms with Gasteiger partial charge in [-0.2, -0.15) is 0 Å². The molecule has 1 aliphatic heterocycles. The van der Waals surface area contributed by atoms with Crippen molar-refractivity contribution >= 4 is 11.6 Å². The number of rotatable bonds is 2. The summed E-state index contributed by atoms with van der Waals surface area (Å²) in [7, 11) is 0. The Hall–Kier alpha value is -2.02. The number of nitro benzene ring substituents is 1. The van der Waals surface area contributed by atoms with E-state index in [-0.39, 0.29) is 11.3 Å². The number of halogens is 1. The minimum Gasteiger partial charge on any atom is -0.337 e. The number of amides is 1. The van der Waals surface area contributed by atoms with Gasteiger partial charge < -0.3 is 10.2 Å². The van der Waals surface area contributed by atoms with Crippen molar-refractivity contribution in [1.82, 2.24) is 10.2 Å². The molecule has 0 saturated carbocycles. The molecule has 0 atom stereocenters. The van der Waals surface area contributed by atoms with E-state index in [1.165, 1.54) is 4.90 Å². The Balaban J connectivity index is 2.26. The van der Waals surface area contributed by atoms with Gasteiger partial charge in [0.2, 0.25) is 0 Å². The van der Waals surface area contributed by atoms with Gasteiger partial charge in [-0.25, -0.2) is 4.39 Å². The van der Waals surface area contributed by atoms with Crippen LogP contribution in [0.3, 0.4) is 0 Å². The smallest absolute Gasteiger partial charge is 0.270 e. The number of benzene rings is 1. The molecule has 7 heteroatoms. The summed E-state index contributed by atoms with van der Waals surface area (Å²) < 4.78 is 13.7. The Kier molecular flexibility index (Phi) is 4.06. The molecule has 1 aromatic carbocycles. The molecule has 1 fully saturated rings. The standard InChI is InChI=1S/C12H14FN3O3/c13-11-3-2-9(16(18)19)8-10(11)12(17)15-6-1-4-14-5-7-15/h2-3,8,14H,1,4-7H2. The lowest BCUT2D eigenvalue weighted by molar-refractivity contribution is -0.384. The minimum atomic E-state index is -0.729. The number of non-ortho nitro benzene ring substituents is 1. The van der Waals surface area contributed by atoms with Crippen LogP contribution in [0, 0.1) is 15.9 Å². The van der Waals surface area contributed by atoms with E-state index < -0.39 is 16.6 Å². The first-order valence-electron chi connectivity index (χ1n) is 6.03. The van der Waals surface area contributed by atoms with E-state index in [1.54, 1.807) is 0 Å². The van der Waals surface area contributed by atoms with E-state index in [1.807, 2.05) is 0 Å². The molecule has 0 aliphatic carbocycles. The first-order chi connectivity index (χ1) is 9.09. The average Bonchev–Trinajstić information content (AvgIpc) is 2.67. The zero-order valence-corrected chi connectivity index (χ0v) is 10.3. The molecule has 0 bridgehead atoms. The summed E-state index contributed by atoms with van der Waals surface area (Å²) in [5.74, 6) is -1.22. The molecule has 6 nitrogen and oxygen atoms in total. The highest BCUT2D eigenvalue weighted by Gasteiger charge is 2.22. The van der Waals surface area contributed by atoms with Gasteiger partial charge >= 0.3 is 0 Å². The SMILES string of the molecule is O=C(c1cc([N+](=O)[O-])ccc1F)N1CCCNCC1. The van der Waals surface area contributed by atoms with E-state index in [0.717, 1.165) is 31.2 Å². The predicted molar refractivity (Wildman–Crippen MR) is 66.4 cm³/mol. The molecule has 0 unspecified atom stereocenters. The van der Waals surface area contributed by atoms with Gasteiger partial charge in [0.25, 0.3) is 11.6 Å². The van der Waals surface area contributed by atoms with Gasteiger partial charge in [0, 0.05) is 31.8 Å². The molecule has 102 valence electrons. The van der Waals surface area contributed by atoms with Crippen LogP contribution in [-0.2, 0) is 0 Å². The van der Waals surface area contributed by atoms with Gasteiger partial charge in [0.15, 0.2) is 0 Å². The average molecular weight is 267 g/mol. The molecule has 2 rings (SSSR count). The normalized spacial score (nSPS) is 15.9. The lowest BCUT2D eigenvalue weighted by atomic mass is 10.1. The first-order valence-corrected chi connectivity index (χ1v) is 6.03. The maximum absolute atomic E-state index is 13.7. The summed E-state index contributed by atoms with van der Waals surface area (Å²) in [6.45, 7) is 2.44. The molecular weight excluding hydrogens is 253 g/mol. The fourth-order valence-corrected chi connectivity index (χ4v) is 2.01. The Bertz CT molecular complexity index is 499. The number of hydrogen-bond donors (Lipinski definition) is 1. The van der Waals surface area contributed by atoms with Crippen LogP contribution in [-0.4, -0.2) is 41.9 Å². The summed E-state index contributed by atoms with van der Waals surface area (Å²) in [4.78, 5) is 23.7. The Morgan fingerprint density at radius 3 is 2.89 bits per heavy atom. The van der Waals surface area contributed by atoms with Crippen LogP contribution in [0.2, 0.25) is 0 Å². The molecular formula is C12H14FN3O3. The predicted octanol–water partition coefficient (Wildman–Crippen LogP) is 1.17. The Morgan fingerprint density at radius 1 is 1.37 bits per heavy atom. The molecule has 0 spiro atoms. The van der Waals surface area contributed by atoms with Gasteiger partial charge in [0.05, 0.1) is 10.5 Å². The fraction of sp³-hybridized carbons (Fsp3) is 0.417. The van der Waals surface area contributed by atoms with Crippen LogP contribution >= 0.6 is 0 Å². The van der Waals surface area contributed by atoms with Crippen molar-refractivity contribution in [3.05, 3.63) is 39.7 Å². The van der Waals surface area contributed by atoms with Crippen LogP contribution < -0.4 is 5.32 Å². The third-order valence-electron chi connectivity index (χ3n) is 3.02. The highest BCUT2D eigenvalue weighted by molar-refractivity contribution is 5.95. The van der Waals surface area contributed by atoms with Crippen molar-refractivity contribution in [1.29, 1.82) is 0 Å². The van der Waals surface area contributed by atoms with Crippen LogP contribution in [0.25, 0.3) is 0 Å². The number of hydrogen-bond acceptors (Lipinski definition) is 4. The zero-order chi connectivity index (χ0) is 13.8. The second-order valence-electron chi connectivity index (χ2n) is 4.32. The van der Waals surface area contributed by atoms with E-state index in [0.29, 0.717) is 19.6 Å². The van der Waals surface area contributed by atoms with Crippen LogP contribution in [0.4, 0.5) is 10.1 Å². The van der Waals surface area contributed by atoms with Crippen molar-refractivity contribution in [3.8, 4) is 0 Å². The number of nitro groups is 1. The van der Waals surface area contributed by atoms with E-state index in [2.05, 4.69) is 5.32 Å². The molecule has 0 aromatic heterocycles. The summed E-state index contributed by atoms with van der Waals surface area (Å²) in [6, 6.07) is 3.01. The molecule has 1 amide bonds. The zero-order valence-electron chi connectivity index (χ0n) is 10.3. The lowest BCUT2D eigenvalue weighted by Crippen LogP contribution is -2.34. The van der Waals surface area contributed by atoms with Gasteiger partial charge in [-0.15, -0.1) is 0 Å². The third-order valence-corrected chi connectivity index (χ3v) is 3.02. The van der Waals surface area contributed by atoms with Gasteiger partial charge in [0.1, 0.15) is 5.82 Å². The monoisotopic (exact) mass is 267 g/mol. The van der Waals surface area contributed by atoms with Crippen LogP contribution in [0.5, 0.6) is 0 Å². The van der Waals surface area contributed by atoms with E-state index >= 15 is 0 Å². The molecule has 0 radical (unpaired) electrons. The van der Waals surface area contributed by atoms with Gasteiger partial charge in [-0.3, -0.25) is 14.9 Å². The van der Waals surface area contributed by atoms with E-state index in [4.69, 9.17) is 0 Å². The van der Waals surface area contributed by atoms with Crippen molar-refractivity contribution in [2.45, 2.75) is 6.42 Å². The summed E-state index contributed by atoms with van der Waals surface area (Å²) in [5.41, 5.74) is -0.520. The van der Waals surface area contributed by atoms with Crippen molar-refractivity contribution in [2.24, 2.45) is 0 Å². The number of carbonyl (C=O) groups is 1. The lowest BCUT2D eigenvalue weighted by Gasteiger charge is -2.20. The Labute approximate surface area is 109 Å². The highest BCUT2D eigenvalue weighted by Crippen LogP contribution is 2.18. The number of nitrogens with zero attached hydrogens (tertiary/aromatic N) is 2. The molecule has 1 N–H and O–H groups in total. The summed E-state index contributed by atoms with van der Waals surface area (Å²) in [5, 5.41) is 13.8. The Morgan fingerprint density at radius 2 is 2.16 bits per heavy atom. The number of nitrogens with one attached hydrogen (secondary N) is 1. The maximum Gasteiger partial charge on any atom is 0.270 e. The minimum absolute atomic E-state index is 0.240. The summed E-state index contributed by atoms with van der Waals surface area (Å²) >= 11 is 0. The molecule has 1 saturated heterocycles. The summed E-state index contributed by atoms with van der Waals surface area (Å²) in [6.07, 6.45) is 0.780. The molecule has 1 aliphatic rings. The molecule has 1 heterocycles. The first kappa shape index (κ1) is 13.4. The van der Waals surface area contributed by atoms with Gasteiger partial charge in [-0.05, 0) is 19.0 Å². The molecule has 1 aromatic rings. The van der Waals surface area contributed by atoms with Crippen LogP contribution in [0.1, 0.15) is 16.8 Å². The van der Waals surface area contributed by atoms with Crippen molar-refractivity contribution in [2.75, 3.05) is 26.2 Å². The fourth-order valence-electron chi connectivity index (χ4n) is 2.01. The quantitative estimate of drug-likeness (QED) is 0.644.